The largest absolute Gasteiger partial charge is 0.497 e. The molecule has 8 heteroatoms. The van der Waals surface area contributed by atoms with Crippen LogP contribution in [-0.2, 0) is 14.4 Å². The molecule has 1 aliphatic heterocycles. The third-order valence-electron chi connectivity index (χ3n) is 4.55. The van der Waals surface area contributed by atoms with Crippen LogP contribution in [0.4, 0.5) is 16.2 Å². The minimum atomic E-state index is -1.05. The number of benzene rings is 2. The Morgan fingerprint density at radius 2 is 1.59 bits per heavy atom. The van der Waals surface area contributed by atoms with Gasteiger partial charge in [0.1, 0.15) is 12.3 Å². The lowest BCUT2D eigenvalue weighted by Crippen LogP contribution is -2.39. The molecule has 2 aromatic carbocycles. The van der Waals surface area contributed by atoms with Crippen molar-refractivity contribution in [3.63, 3.8) is 0 Å². The van der Waals surface area contributed by atoms with Crippen LogP contribution in [0.2, 0.25) is 0 Å². The first-order valence-electron chi connectivity index (χ1n) is 9.05. The van der Waals surface area contributed by atoms with Crippen molar-refractivity contribution in [2.75, 3.05) is 23.9 Å². The van der Waals surface area contributed by atoms with Crippen molar-refractivity contribution >= 4 is 35.1 Å². The van der Waals surface area contributed by atoms with Crippen LogP contribution >= 0.6 is 0 Å². The Hall–Kier alpha value is -3.68. The van der Waals surface area contributed by atoms with Crippen molar-refractivity contribution < 1.29 is 23.9 Å². The normalized spacial score (nSPS) is 14.0. The fourth-order valence-corrected chi connectivity index (χ4v) is 2.90. The van der Waals surface area contributed by atoms with Crippen molar-refractivity contribution in [2.45, 2.75) is 19.8 Å². The minimum absolute atomic E-state index is 0.223. The van der Waals surface area contributed by atoms with Crippen LogP contribution in [0.25, 0.3) is 0 Å². The van der Waals surface area contributed by atoms with Crippen molar-refractivity contribution in [1.29, 1.82) is 0 Å². The van der Waals surface area contributed by atoms with Crippen molar-refractivity contribution in [2.24, 2.45) is 0 Å². The fraction of sp³-hybridized carbons (Fsp3) is 0.238. The van der Waals surface area contributed by atoms with E-state index in [1.54, 1.807) is 24.3 Å². The molecule has 8 nitrogen and oxygen atoms in total. The van der Waals surface area contributed by atoms with Gasteiger partial charge in [0.05, 0.1) is 12.8 Å². The maximum Gasteiger partial charge on any atom is 0.339 e. The number of imide groups is 2. The third kappa shape index (κ3) is 4.11. The number of methoxy groups -OCH3 is 1. The molecule has 1 heterocycles. The summed E-state index contributed by atoms with van der Waals surface area (Å²) in [6.45, 7) is 3.57. The van der Waals surface area contributed by atoms with E-state index in [1.165, 1.54) is 19.2 Å². The first-order valence-corrected chi connectivity index (χ1v) is 9.05. The van der Waals surface area contributed by atoms with E-state index < -0.39 is 30.3 Å². The lowest BCUT2D eigenvalue weighted by Gasteiger charge is -2.16. The zero-order chi connectivity index (χ0) is 21.1. The van der Waals surface area contributed by atoms with Crippen LogP contribution in [-0.4, -0.2) is 42.3 Å². The molecule has 1 fully saturated rings. The Kier molecular flexibility index (Phi) is 5.63. The van der Waals surface area contributed by atoms with Crippen molar-refractivity contribution in [3.8, 4) is 5.75 Å². The first kappa shape index (κ1) is 20.1. The van der Waals surface area contributed by atoms with Gasteiger partial charge in [0.15, 0.2) is 0 Å². The number of amides is 5. The molecule has 1 N–H and O–H groups in total. The number of nitrogens with one attached hydrogen (secondary N) is 1. The Bertz CT molecular complexity index is 951. The molecular weight excluding hydrogens is 374 g/mol. The Labute approximate surface area is 168 Å². The van der Waals surface area contributed by atoms with E-state index in [0.717, 1.165) is 10.5 Å². The predicted octanol–water partition coefficient (Wildman–Crippen LogP) is 2.75. The van der Waals surface area contributed by atoms with E-state index >= 15 is 0 Å². The summed E-state index contributed by atoms with van der Waals surface area (Å²) in [7, 11) is 1.49. The maximum atomic E-state index is 12.6. The summed E-state index contributed by atoms with van der Waals surface area (Å²) in [5, 5.41) is 2.63. The number of hydrogen-bond acceptors (Lipinski definition) is 5. The highest BCUT2D eigenvalue weighted by molar-refractivity contribution is 6.53. The first-order chi connectivity index (χ1) is 13.8. The molecule has 150 valence electrons. The summed E-state index contributed by atoms with van der Waals surface area (Å²) < 4.78 is 5.04. The van der Waals surface area contributed by atoms with Crippen molar-refractivity contribution in [3.05, 3.63) is 54.1 Å². The van der Waals surface area contributed by atoms with E-state index in [0.29, 0.717) is 22.3 Å². The number of urea groups is 1. The quantitative estimate of drug-likeness (QED) is 0.599. The third-order valence-corrected chi connectivity index (χ3v) is 4.55. The van der Waals surface area contributed by atoms with Gasteiger partial charge in [0.25, 0.3) is 0 Å². The van der Waals surface area contributed by atoms with Crippen molar-refractivity contribution in [1.82, 2.24) is 4.90 Å². The Morgan fingerprint density at radius 1 is 0.966 bits per heavy atom. The summed E-state index contributed by atoms with van der Waals surface area (Å²) in [6.07, 6.45) is 0. The second-order valence-corrected chi connectivity index (χ2v) is 6.84. The molecule has 0 aromatic heterocycles. The molecule has 2 aromatic rings. The van der Waals surface area contributed by atoms with Gasteiger partial charge in [-0.3, -0.25) is 14.4 Å². The highest BCUT2D eigenvalue weighted by Gasteiger charge is 2.46. The smallest absolute Gasteiger partial charge is 0.339 e. The van der Waals surface area contributed by atoms with Gasteiger partial charge >= 0.3 is 17.8 Å². The van der Waals surface area contributed by atoms with E-state index in [1.807, 2.05) is 12.1 Å². The van der Waals surface area contributed by atoms with Crippen LogP contribution in [0.1, 0.15) is 25.3 Å². The monoisotopic (exact) mass is 395 g/mol. The van der Waals surface area contributed by atoms with Gasteiger partial charge in [-0.15, -0.1) is 0 Å². The van der Waals surface area contributed by atoms with Gasteiger partial charge in [-0.2, -0.15) is 0 Å². The number of rotatable bonds is 6. The Balaban J connectivity index is 1.70. The molecule has 0 atom stereocenters. The highest BCUT2D eigenvalue weighted by Crippen LogP contribution is 2.24. The number of anilines is 2. The summed E-state index contributed by atoms with van der Waals surface area (Å²) in [5.74, 6) is -1.73. The molecule has 0 radical (unpaired) electrons. The van der Waals surface area contributed by atoms with Gasteiger partial charge in [0.2, 0.25) is 5.91 Å². The topological polar surface area (TPSA) is 96.0 Å². The number of carbonyl (C=O) groups is 4. The zero-order valence-corrected chi connectivity index (χ0v) is 16.3. The van der Waals surface area contributed by atoms with Crippen LogP contribution in [0, 0.1) is 0 Å². The lowest BCUT2D eigenvalue weighted by molar-refractivity contribution is -0.140. The van der Waals surface area contributed by atoms with Gasteiger partial charge in [-0.1, -0.05) is 26.0 Å². The SMILES string of the molecule is COc1ccc(N2C(=O)C(=O)N(CC(=O)Nc3ccc(C(C)C)cc3)C2=O)cc1. The van der Waals surface area contributed by atoms with Gasteiger partial charge < -0.3 is 10.1 Å². The van der Waals surface area contributed by atoms with Gasteiger partial charge in [-0.25, -0.2) is 14.6 Å². The molecule has 29 heavy (non-hydrogen) atoms. The van der Waals surface area contributed by atoms with Crippen LogP contribution in [0.5, 0.6) is 5.75 Å². The molecular formula is C21H21N3O5. The summed E-state index contributed by atoms with van der Waals surface area (Å²) in [6, 6.07) is 12.5. The standard InChI is InChI=1S/C21H21N3O5/c1-13(2)14-4-6-15(7-5-14)22-18(25)12-23-19(26)20(27)24(21(23)28)16-8-10-17(29-3)11-9-16/h4-11,13H,12H2,1-3H3,(H,22,25). The summed E-state index contributed by atoms with van der Waals surface area (Å²) >= 11 is 0. The number of nitrogens with zero attached hydrogens (tertiary/aromatic N) is 2. The second-order valence-electron chi connectivity index (χ2n) is 6.84. The molecule has 1 aliphatic rings. The summed E-state index contributed by atoms with van der Waals surface area (Å²) in [5.41, 5.74) is 1.88. The van der Waals surface area contributed by atoms with Crippen LogP contribution in [0.15, 0.2) is 48.5 Å². The molecule has 0 saturated carbocycles. The molecule has 1 saturated heterocycles. The number of carbonyl (C=O) groups excluding carboxylic acids is 4. The second kappa shape index (κ2) is 8.14. The van der Waals surface area contributed by atoms with Gasteiger partial charge in [-0.05, 0) is 47.9 Å². The minimum Gasteiger partial charge on any atom is -0.497 e. The average molecular weight is 395 g/mol. The van der Waals surface area contributed by atoms with E-state index in [2.05, 4.69) is 19.2 Å². The van der Waals surface area contributed by atoms with Gasteiger partial charge in [0, 0.05) is 5.69 Å². The van der Waals surface area contributed by atoms with Crippen LogP contribution < -0.4 is 15.0 Å². The van der Waals surface area contributed by atoms with Crippen LogP contribution in [0.3, 0.4) is 0 Å². The fourth-order valence-electron chi connectivity index (χ4n) is 2.90. The summed E-state index contributed by atoms with van der Waals surface area (Å²) in [4.78, 5) is 50.8. The maximum absolute atomic E-state index is 12.6. The molecule has 0 aliphatic carbocycles. The molecule has 0 unspecified atom stereocenters. The molecule has 3 rings (SSSR count). The molecule has 5 amide bonds. The predicted molar refractivity (Wildman–Crippen MR) is 107 cm³/mol. The molecule has 0 spiro atoms. The van der Waals surface area contributed by atoms with E-state index in [9.17, 15) is 19.2 Å². The molecule has 0 bridgehead atoms. The lowest BCUT2D eigenvalue weighted by atomic mass is 10.0. The number of ether oxygens (including phenoxy) is 1. The highest BCUT2D eigenvalue weighted by atomic mass is 16.5. The Morgan fingerprint density at radius 3 is 2.14 bits per heavy atom. The zero-order valence-electron chi connectivity index (χ0n) is 16.3. The number of hydrogen-bond donors (Lipinski definition) is 1. The average Bonchev–Trinajstić information content (AvgIpc) is 2.92. The van der Waals surface area contributed by atoms with E-state index in [-0.39, 0.29) is 5.69 Å². The van der Waals surface area contributed by atoms with E-state index in [4.69, 9.17) is 4.74 Å².